The van der Waals surface area contributed by atoms with Crippen molar-refractivity contribution in [2.75, 3.05) is 24.2 Å². The van der Waals surface area contributed by atoms with Gasteiger partial charge in [-0.3, -0.25) is 0 Å². The molecule has 2 N–H and O–H groups in total. The van der Waals surface area contributed by atoms with Crippen molar-refractivity contribution in [1.29, 1.82) is 0 Å². The predicted octanol–water partition coefficient (Wildman–Crippen LogP) is 2.11. The molecule has 0 bridgehead atoms. The molecule has 0 radical (unpaired) electrons. The van der Waals surface area contributed by atoms with Crippen LogP contribution in [0.15, 0.2) is 0 Å². The van der Waals surface area contributed by atoms with Crippen LogP contribution in [-0.2, 0) is 0 Å². The van der Waals surface area contributed by atoms with Gasteiger partial charge in [0.25, 0.3) is 0 Å². The molecule has 5 heteroatoms. The second kappa shape index (κ2) is 4.09. The SMILES string of the molecule is Cc1nc(Cl)nc(N(C)CC2CC2C)c1N. The first kappa shape index (κ1) is 11.5. The van der Waals surface area contributed by atoms with Crippen LogP contribution in [0.4, 0.5) is 11.5 Å². The Morgan fingerprint density at radius 3 is 2.69 bits per heavy atom. The van der Waals surface area contributed by atoms with E-state index >= 15 is 0 Å². The zero-order valence-corrected chi connectivity index (χ0v) is 10.6. The number of nitrogens with zero attached hydrogens (tertiary/aromatic N) is 3. The van der Waals surface area contributed by atoms with Gasteiger partial charge in [0.05, 0.1) is 11.4 Å². The van der Waals surface area contributed by atoms with Crippen LogP contribution in [0.2, 0.25) is 5.28 Å². The first-order valence-corrected chi connectivity index (χ1v) is 5.87. The highest BCUT2D eigenvalue weighted by atomic mass is 35.5. The Morgan fingerprint density at radius 2 is 2.12 bits per heavy atom. The number of aromatic nitrogens is 2. The summed E-state index contributed by atoms with van der Waals surface area (Å²) in [6.07, 6.45) is 1.29. The van der Waals surface area contributed by atoms with Gasteiger partial charge >= 0.3 is 0 Å². The zero-order valence-electron chi connectivity index (χ0n) is 9.87. The van der Waals surface area contributed by atoms with E-state index in [4.69, 9.17) is 17.3 Å². The van der Waals surface area contributed by atoms with Gasteiger partial charge in [0.15, 0.2) is 5.82 Å². The molecule has 2 unspecified atom stereocenters. The quantitative estimate of drug-likeness (QED) is 0.823. The molecule has 2 atom stereocenters. The molecule has 0 aliphatic heterocycles. The summed E-state index contributed by atoms with van der Waals surface area (Å²) in [5, 5.41) is 0.261. The summed E-state index contributed by atoms with van der Waals surface area (Å²) < 4.78 is 0. The van der Waals surface area contributed by atoms with E-state index in [0.29, 0.717) is 5.69 Å². The van der Waals surface area contributed by atoms with Gasteiger partial charge in [-0.15, -0.1) is 0 Å². The van der Waals surface area contributed by atoms with E-state index in [1.807, 2.05) is 14.0 Å². The Morgan fingerprint density at radius 1 is 1.50 bits per heavy atom. The van der Waals surface area contributed by atoms with E-state index in [-0.39, 0.29) is 5.28 Å². The Balaban J connectivity index is 2.18. The summed E-state index contributed by atoms with van der Waals surface area (Å²) in [6.45, 7) is 5.10. The first-order valence-electron chi connectivity index (χ1n) is 5.49. The van der Waals surface area contributed by atoms with Crippen LogP contribution < -0.4 is 10.6 Å². The summed E-state index contributed by atoms with van der Waals surface area (Å²) in [5.41, 5.74) is 7.32. The highest BCUT2D eigenvalue weighted by Crippen LogP contribution is 2.39. The maximum absolute atomic E-state index is 5.96. The van der Waals surface area contributed by atoms with Crippen molar-refractivity contribution in [3.05, 3.63) is 11.0 Å². The van der Waals surface area contributed by atoms with Gasteiger partial charge in [-0.05, 0) is 36.8 Å². The van der Waals surface area contributed by atoms with Crippen LogP contribution in [0.1, 0.15) is 19.0 Å². The number of hydrogen-bond donors (Lipinski definition) is 1. The number of anilines is 2. The molecule has 0 spiro atoms. The van der Waals surface area contributed by atoms with Crippen LogP contribution in [-0.4, -0.2) is 23.6 Å². The standard InChI is InChI=1S/C11H17ClN4/c1-6-4-8(6)5-16(3)10-9(13)7(2)14-11(12)15-10/h6,8H,4-5,13H2,1-3H3. The summed E-state index contributed by atoms with van der Waals surface area (Å²) >= 11 is 5.84. The fraction of sp³-hybridized carbons (Fsp3) is 0.636. The molecule has 88 valence electrons. The molecule has 4 nitrogen and oxygen atoms in total. The molecule has 2 rings (SSSR count). The van der Waals surface area contributed by atoms with Gasteiger partial charge in [-0.2, -0.15) is 4.98 Å². The molecular weight excluding hydrogens is 224 g/mol. The highest BCUT2D eigenvalue weighted by Gasteiger charge is 2.33. The molecule has 1 saturated carbocycles. The second-order valence-electron chi connectivity index (χ2n) is 4.67. The van der Waals surface area contributed by atoms with Crippen molar-refractivity contribution in [1.82, 2.24) is 9.97 Å². The van der Waals surface area contributed by atoms with Gasteiger partial charge in [0.2, 0.25) is 5.28 Å². The van der Waals surface area contributed by atoms with E-state index in [2.05, 4.69) is 21.8 Å². The Labute approximate surface area is 101 Å². The normalized spacial score (nSPS) is 23.2. The lowest BCUT2D eigenvalue weighted by Gasteiger charge is -2.20. The van der Waals surface area contributed by atoms with E-state index in [1.165, 1.54) is 6.42 Å². The van der Waals surface area contributed by atoms with E-state index in [1.54, 1.807) is 0 Å². The molecule has 1 heterocycles. The fourth-order valence-electron chi connectivity index (χ4n) is 1.92. The second-order valence-corrected chi connectivity index (χ2v) is 5.01. The van der Waals surface area contributed by atoms with Crippen LogP contribution >= 0.6 is 11.6 Å². The zero-order chi connectivity index (χ0) is 11.9. The lowest BCUT2D eigenvalue weighted by molar-refractivity contribution is 0.719. The summed E-state index contributed by atoms with van der Waals surface area (Å²) in [4.78, 5) is 10.3. The molecule has 0 aromatic carbocycles. The number of aryl methyl sites for hydroxylation is 1. The minimum absolute atomic E-state index is 0.261. The maximum Gasteiger partial charge on any atom is 0.224 e. The van der Waals surface area contributed by atoms with Crippen molar-refractivity contribution in [3.63, 3.8) is 0 Å². The third kappa shape index (κ3) is 2.21. The average molecular weight is 241 g/mol. The van der Waals surface area contributed by atoms with Crippen LogP contribution in [0.25, 0.3) is 0 Å². The third-order valence-electron chi connectivity index (χ3n) is 3.23. The van der Waals surface area contributed by atoms with E-state index < -0.39 is 0 Å². The third-order valence-corrected chi connectivity index (χ3v) is 3.40. The van der Waals surface area contributed by atoms with Crippen molar-refractivity contribution in [2.45, 2.75) is 20.3 Å². The van der Waals surface area contributed by atoms with E-state index in [0.717, 1.165) is 29.9 Å². The predicted molar refractivity (Wildman–Crippen MR) is 66.7 cm³/mol. The average Bonchev–Trinajstić information content (AvgIpc) is 2.87. The minimum Gasteiger partial charge on any atom is -0.394 e. The molecule has 16 heavy (non-hydrogen) atoms. The molecule has 1 fully saturated rings. The lowest BCUT2D eigenvalue weighted by Crippen LogP contribution is -2.23. The van der Waals surface area contributed by atoms with Gasteiger partial charge < -0.3 is 10.6 Å². The van der Waals surface area contributed by atoms with Gasteiger partial charge in [0.1, 0.15) is 0 Å². The van der Waals surface area contributed by atoms with Crippen LogP contribution in [0, 0.1) is 18.8 Å². The van der Waals surface area contributed by atoms with Crippen molar-refractivity contribution < 1.29 is 0 Å². The minimum atomic E-state index is 0.261. The molecule has 1 aromatic rings. The summed E-state index contributed by atoms with van der Waals surface area (Å²) in [7, 11) is 2.00. The van der Waals surface area contributed by atoms with Crippen molar-refractivity contribution >= 4 is 23.1 Å². The van der Waals surface area contributed by atoms with E-state index in [9.17, 15) is 0 Å². The van der Waals surface area contributed by atoms with Gasteiger partial charge in [0, 0.05) is 13.6 Å². The summed E-state index contributed by atoms with van der Waals surface area (Å²) in [5.74, 6) is 2.33. The molecular formula is C11H17ClN4. The van der Waals surface area contributed by atoms with Crippen LogP contribution in [0.5, 0.6) is 0 Å². The number of nitrogens with two attached hydrogens (primary N) is 1. The monoisotopic (exact) mass is 240 g/mol. The van der Waals surface area contributed by atoms with Crippen LogP contribution in [0.3, 0.4) is 0 Å². The molecule has 0 amide bonds. The number of hydrogen-bond acceptors (Lipinski definition) is 4. The van der Waals surface area contributed by atoms with Gasteiger partial charge in [-0.1, -0.05) is 6.92 Å². The maximum atomic E-state index is 5.96. The lowest BCUT2D eigenvalue weighted by atomic mass is 10.3. The smallest absolute Gasteiger partial charge is 0.224 e. The first-order chi connectivity index (χ1) is 7.49. The Kier molecular flexibility index (Phi) is 2.93. The number of halogens is 1. The van der Waals surface area contributed by atoms with Gasteiger partial charge in [-0.25, -0.2) is 4.98 Å². The Bertz CT molecular complexity index is 407. The van der Waals surface area contributed by atoms with Crippen molar-refractivity contribution in [3.8, 4) is 0 Å². The topological polar surface area (TPSA) is 55.0 Å². The largest absolute Gasteiger partial charge is 0.394 e. The molecule has 0 saturated heterocycles. The fourth-order valence-corrected chi connectivity index (χ4v) is 2.12. The number of rotatable bonds is 3. The Hall–Kier alpha value is -1.03. The van der Waals surface area contributed by atoms with Crippen molar-refractivity contribution in [2.24, 2.45) is 11.8 Å². The molecule has 1 aliphatic carbocycles. The highest BCUT2D eigenvalue weighted by molar-refractivity contribution is 6.28. The summed E-state index contributed by atoms with van der Waals surface area (Å²) in [6, 6.07) is 0. The number of nitrogen functional groups attached to an aromatic ring is 1. The molecule has 1 aromatic heterocycles. The molecule has 1 aliphatic rings.